The van der Waals surface area contributed by atoms with Crippen molar-refractivity contribution in [2.45, 2.75) is 6.42 Å². The minimum absolute atomic E-state index is 1.00. The van der Waals surface area contributed by atoms with Crippen LogP contribution in [0.5, 0.6) is 0 Å². The van der Waals surface area contributed by atoms with Crippen LogP contribution < -0.4 is 0 Å². The first-order chi connectivity index (χ1) is 8.93. The molecule has 2 aliphatic heterocycles. The van der Waals surface area contributed by atoms with Gasteiger partial charge in [0.25, 0.3) is 0 Å². The molecule has 1 aromatic rings. The summed E-state index contributed by atoms with van der Waals surface area (Å²) >= 11 is 1.79. The maximum Gasteiger partial charge on any atom is 0.0724 e. The molecule has 0 saturated heterocycles. The molecule has 1 nitrogen and oxygen atoms in total. The average molecular weight is 249 g/mol. The van der Waals surface area contributed by atoms with Gasteiger partial charge in [-0.05, 0) is 35.6 Å². The summed E-state index contributed by atoms with van der Waals surface area (Å²) in [6.45, 7) is 0. The van der Waals surface area contributed by atoms with Crippen molar-refractivity contribution in [3.63, 3.8) is 0 Å². The molecule has 4 rings (SSSR count). The molecule has 1 aliphatic carbocycles. The number of allylic oxidation sites excluding steroid dienone is 6. The van der Waals surface area contributed by atoms with E-state index in [1.54, 1.807) is 11.8 Å². The highest BCUT2D eigenvalue weighted by atomic mass is 32.2. The average Bonchev–Trinajstić information content (AvgIpc) is 2.68. The molecule has 3 aliphatic rings. The van der Waals surface area contributed by atoms with Gasteiger partial charge in [0.05, 0.1) is 11.4 Å². The fraction of sp³-hybridized carbons (Fsp3) is 0.0625. The first-order valence-corrected chi connectivity index (χ1v) is 6.93. The summed E-state index contributed by atoms with van der Waals surface area (Å²) in [6.07, 6.45) is 9.69. The summed E-state index contributed by atoms with van der Waals surface area (Å²) < 4.78 is 0. The summed E-state index contributed by atoms with van der Waals surface area (Å²) in [5.41, 5.74) is 6.22. The Balaban J connectivity index is 2.03. The molecule has 0 aromatic heterocycles. The Morgan fingerprint density at radius 3 is 3.11 bits per heavy atom. The third-order valence-corrected chi connectivity index (χ3v) is 4.30. The van der Waals surface area contributed by atoms with Crippen molar-refractivity contribution >= 4 is 28.7 Å². The Kier molecular flexibility index (Phi) is 2.17. The van der Waals surface area contributed by atoms with E-state index in [0.717, 1.165) is 17.8 Å². The molecule has 2 heteroatoms. The van der Waals surface area contributed by atoms with Gasteiger partial charge in [0.15, 0.2) is 0 Å². The van der Waals surface area contributed by atoms with Gasteiger partial charge in [0.2, 0.25) is 0 Å². The van der Waals surface area contributed by atoms with Crippen molar-refractivity contribution in [1.82, 2.24) is 0 Å². The van der Waals surface area contributed by atoms with Crippen molar-refractivity contribution < 1.29 is 0 Å². The van der Waals surface area contributed by atoms with Crippen LogP contribution in [0.3, 0.4) is 0 Å². The smallest absolute Gasteiger partial charge is 0.0724 e. The Morgan fingerprint density at radius 2 is 2.11 bits per heavy atom. The lowest BCUT2D eigenvalue weighted by Gasteiger charge is -2.14. The molecule has 2 heterocycles. The normalized spacial score (nSPS) is 19.8. The zero-order valence-electron chi connectivity index (χ0n) is 9.76. The largest absolute Gasteiger partial charge is 0.248 e. The Bertz CT molecular complexity index is 687. The first kappa shape index (κ1) is 10.2. The van der Waals surface area contributed by atoms with E-state index in [-0.39, 0.29) is 0 Å². The molecule has 0 spiro atoms. The van der Waals surface area contributed by atoms with Gasteiger partial charge in [-0.25, -0.2) is 4.99 Å². The molecule has 0 fully saturated rings. The van der Waals surface area contributed by atoms with Crippen LogP contribution in [0.25, 0.3) is 5.57 Å². The second-order valence-electron chi connectivity index (χ2n) is 4.45. The molecule has 0 amide bonds. The lowest BCUT2D eigenvalue weighted by molar-refractivity contribution is 1.26. The Labute approximate surface area is 110 Å². The van der Waals surface area contributed by atoms with Crippen molar-refractivity contribution in [3.8, 4) is 0 Å². The highest BCUT2D eigenvalue weighted by Gasteiger charge is 2.25. The minimum Gasteiger partial charge on any atom is -0.248 e. The number of benzene rings is 1. The summed E-state index contributed by atoms with van der Waals surface area (Å²) in [7, 11) is 0. The van der Waals surface area contributed by atoms with E-state index >= 15 is 0 Å². The van der Waals surface area contributed by atoms with E-state index in [1.165, 1.54) is 21.6 Å². The van der Waals surface area contributed by atoms with Gasteiger partial charge in [-0.3, -0.25) is 0 Å². The van der Waals surface area contributed by atoms with Crippen molar-refractivity contribution in [1.29, 1.82) is 0 Å². The molecule has 18 heavy (non-hydrogen) atoms. The lowest BCUT2D eigenvalue weighted by Crippen LogP contribution is -1.99. The van der Waals surface area contributed by atoms with Crippen molar-refractivity contribution in [2.24, 2.45) is 4.99 Å². The van der Waals surface area contributed by atoms with Gasteiger partial charge >= 0.3 is 0 Å². The number of hydrogen-bond donors (Lipinski definition) is 0. The molecule has 1 aromatic carbocycles. The summed E-state index contributed by atoms with van der Waals surface area (Å²) in [4.78, 5) is 6.08. The molecule has 0 atom stereocenters. The summed E-state index contributed by atoms with van der Waals surface area (Å²) in [5, 5.41) is 2.14. The molecule has 0 saturated carbocycles. The van der Waals surface area contributed by atoms with Crippen LogP contribution in [0, 0.1) is 0 Å². The van der Waals surface area contributed by atoms with Crippen molar-refractivity contribution in [3.05, 3.63) is 70.0 Å². The zero-order valence-corrected chi connectivity index (χ0v) is 10.6. The number of fused-ring (bicyclic) bond motifs is 4. The first-order valence-electron chi connectivity index (χ1n) is 6.05. The van der Waals surface area contributed by atoms with E-state index in [0.29, 0.717) is 0 Å². The molecular formula is C16H11NS. The predicted molar refractivity (Wildman–Crippen MR) is 79.0 cm³/mol. The van der Waals surface area contributed by atoms with Crippen LogP contribution >= 0.6 is 11.8 Å². The number of thioether (sulfide) groups is 1. The molecular weight excluding hydrogens is 238 g/mol. The SMILES string of the molecule is C1=CCC2=C3C(=Nc4ccccc43)C=CSC2=C1. The van der Waals surface area contributed by atoms with Gasteiger partial charge in [0, 0.05) is 16.0 Å². The number of aliphatic imine (C=N–C) groups is 1. The van der Waals surface area contributed by atoms with Crippen LogP contribution in [-0.2, 0) is 0 Å². The fourth-order valence-electron chi connectivity index (χ4n) is 2.59. The van der Waals surface area contributed by atoms with Crippen LogP contribution in [0.4, 0.5) is 5.69 Å². The van der Waals surface area contributed by atoms with E-state index in [1.807, 2.05) is 0 Å². The molecule has 86 valence electrons. The maximum absolute atomic E-state index is 4.73. The second-order valence-corrected chi connectivity index (χ2v) is 5.40. The van der Waals surface area contributed by atoms with E-state index in [9.17, 15) is 0 Å². The van der Waals surface area contributed by atoms with E-state index < -0.39 is 0 Å². The topological polar surface area (TPSA) is 12.4 Å². The standard InChI is InChI=1S/C16H11NS/c1-3-7-13-11(5-1)16-12-6-2-4-8-15(12)18-10-9-14(16)17-13/h1-5,7-10H,6H2. The van der Waals surface area contributed by atoms with Gasteiger partial charge in [-0.15, -0.1) is 0 Å². The fourth-order valence-corrected chi connectivity index (χ4v) is 3.42. The number of hydrogen-bond acceptors (Lipinski definition) is 2. The second kappa shape index (κ2) is 3.85. The van der Waals surface area contributed by atoms with Crippen LogP contribution in [0.15, 0.2) is 69.4 Å². The zero-order chi connectivity index (χ0) is 11.9. The van der Waals surface area contributed by atoms with Crippen LogP contribution in [0.1, 0.15) is 12.0 Å². The lowest BCUT2D eigenvalue weighted by atomic mass is 9.93. The maximum atomic E-state index is 4.73. The summed E-state index contributed by atoms with van der Waals surface area (Å²) in [5.74, 6) is 0. The molecule has 0 unspecified atom stereocenters. The van der Waals surface area contributed by atoms with Crippen LogP contribution in [-0.4, -0.2) is 5.71 Å². The highest BCUT2D eigenvalue weighted by molar-refractivity contribution is 8.06. The Morgan fingerprint density at radius 1 is 1.17 bits per heavy atom. The van der Waals surface area contributed by atoms with Crippen molar-refractivity contribution in [2.75, 3.05) is 0 Å². The number of para-hydroxylation sites is 1. The van der Waals surface area contributed by atoms with Gasteiger partial charge in [-0.1, -0.05) is 42.1 Å². The number of rotatable bonds is 0. The number of nitrogens with zero attached hydrogens (tertiary/aromatic N) is 1. The van der Waals surface area contributed by atoms with Gasteiger partial charge in [0.1, 0.15) is 0 Å². The molecule has 0 radical (unpaired) electrons. The van der Waals surface area contributed by atoms with Crippen LogP contribution in [0.2, 0.25) is 0 Å². The van der Waals surface area contributed by atoms with E-state index in [2.05, 4.69) is 54.0 Å². The van der Waals surface area contributed by atoms with E-state index in [4.69, 9.17) is 4.99 Å². The minimum atomic E-state index is 1.00. The monoisotopic (exact) mass is 249 g/mol. The molecule has 0 N–H and O–H groups in total. The third-order valence-electron chi connectivity index (χ3n) is 3.40. The molecule has 0 bridgehead atoms. The third kappa shape index (κ3) is 1.39. The summed E-state index contributed by atoms with van der Waals surface area (Å²) in [6, 6.07) is 8.41. The Hall–Kier alpha value is -1.80. The quantitative estimate of drug-likeness (QED) is 0.653. The predicted octanol–water partition coefficient (Wildman–Crippen LogP) is 4.63. The van der Waals surface area contributed by atoms with Gasteiger partial charge < -0.3 is 0 Å². The van der Waals surface area contributed by atoms with Gasteiger partial charge in [-0.2, -0.15) is 0 Å². The highest BCUT2D eigenvalue weighted by Crippen LogP contribution is 2.44.